The van der Waals surface area contributed by atoms with Crippen LogP contribution in [-0.4, -0.2) is 45.0 Å². The van der Waals surface area contributed by atoms with E-state index in [0.717, 1.165) is 34.3 Å². The highest BCUT2D eigenvalue weighted by Crippen LogP contribution is 2.34. The maximum atomic E-state index is 4.65. The summed E-state index contributed by atoms with van der Waals surface area (Å²) in [5, 5.41) is 8.35. The molecule has 2 aliphatic rings. The third-order valence-corrected chi connectivity index (χ3v) is 6.20. The minimum absolute atomic E-state index is 0.799. The summed E-state index contributed by atoms with van der Waals surface area (Å²) in [7, 11) is 0. The Bertz CT molecular complexity index is 625. The fourth-order valence-corrected chi connectivity index (χ4v) is 5.01. The van der Waals surface area contributed by atoms with E-state index in [-0.39, 0.29) is 0 Å². The van der Waals surface area contributed by atoms with Gasteiger partial charge < -0.3 is 4.90 Å². The lowest BCUT2D eigenvalue weighted by molar-refractivity contribution is 0.0693. The molecular weight excluding hydrogens is 304 g/mol. The number of hydrogen-bond donors (Lipinski definition) is 1. The number of fused-ring (bicyclic) bond motifs is 1. The molecule has 2 aliphatic heterocycles. The molecule has 23 heavy (non-hydrogen) atoms. The first kappa shape index (κ1) is 15.2. The molecule has 5 heteroatoms. The van der Waals surface area contributed by atoms with Gasteiger partial charge in [-0.2, -0.15) is 0 Å². The van der Waals surface area contributed by atoms with E-state index in [2.05, 4.69) is 32.2 Å². The summed E-state index contributed by atoms with van der Waals surface area (Å²) >= 11 is 1.82. The average Bonchev–Trinajstić information content (AvgIpc) is 3.10. The second kappa shape index (κ2) is 7.05. The fourth-order valence-electron chi connectivity index (χ4n) is 3.99. The smallest absolute Gasteiger partial charge is 0.208 e. The molecule has 0 unspecified atom stereocenters. The van der Waals surface area contributed by atoms with Crippen LogP contribution in [0.4, 0.5) is 0 Å². The van der Waals surface area contributed by atoms with Crippen LogP contribution in [0.15, 0.2) is 35.5 Å². The van der Waals surface area contributed by atoms with E-state index in [4.69, 9.17) is 0 Å². The summed E-state index contributed by atoms with van der Waals surface area (Å²) < 4.78 is 0. The minimum atomic E-state index is 0.799. The van der Waals surface area contributed by atoms with E-state index in [1.54, 1.807) is 0 Å². The molecule has 4 rings (SSSR count). The van der Waals surface area contributed by atoms with Gasteiger partial charge in [0.2, 0.25) is 5.16 Å². The molecule has 0 amide bonds. The number of nitrogens with zero attached hydrogens (tertiary/aromatic N) is 3. The Morgan fingerprint density at radius 1 is 1.09 bits per heavy atom. The number of aromatic nitrogens is 3. The summed E-state index contributed by atoms with van der Waals surface area (Å²) in [6.07, 6.45) is 6.89. The molecule has 0 radical (unpaired) electrons. The van der Waals surface area contributed by atoms with Gasteiger partial charge in [0.25, 0.3) is 0 Å². The average molecular weight is 328 g/mol. The van der Waals surface area contributed by atoms with Gasteiger partial charge in [0, 0.05) is 17.4 Å². The van der Waals surface area contributed by atoms with Gasteiger partial charge in [-0.25, -0.2) is 4.98 Å². The number of rotatable bonds is 4. The molecule has 0 aliphatic carbocycles. The highest BCUT2D eigenvalue weighted by atomic mass is 32.2. The van der Waals surface area contributed by atoms with Crippen molar-refractivity contribution in [3.8, 4) is 11.4 Å². The molecular formula is C18H24N4S. The number of aromatic amines is 1. The van der Waals surface area contributed by atoms with Crippen LogP contribution in [0.25, 0.3) is 11.4 Å². The molecule has 2 saturated heterocycles. The van der Waals surface area contributed by atoms with Gasteiger partial charge in [-0.3, -0.25) is 5.10 Å². The van der Waals surface area contributed by atoms with Crippen LogP contribution in [-0.2, 0) is 0 Å². The quantitative estimate of drug-likeness (QED) is 0.867. The van der Waals surface area contributed by atoms with Crippen molar-refractivity contribution in [3.05, 3.63) is 30.3 Å². The first-order valence-corrected chi connectivity index (χ1v) is 9.73. The second-order valence-electron chi connectivity index (χ2n) is 6.65. The van der Waals surface area contributed by atoms with Crippen LogP contribution in [0.2, 0.25) is 0 Å². The predicted octanol–water partition coefficient (Wildman–Crippen LogP) is 3.83. The van der Waals surface area contributed by atoms with Gasteiger partial charge in [0.15, 0.2) is 5.82 Å². The van der Waals surface area contributed by atoms with Gasteiger partial charge in [0.05, 0.1) is 0 Å². The van der Waals surface area contributed by atoms with Crippen molar-refractivity contribution in [2.24, 2.45) is 5.92 Å². The number of hydrogen-bond acceptors (Lipinski definition) is 4. The highest BCUT2D eigenvalue weighted by molar-refractivity contribution is 7.99. The summed E-state index contributed by atoms with van der Waals surface area (Å²) in [5.41, 5.74) is 1.10. The minimum Gasteiger partial charge on any atom is -0.300 e. The zero-order valence-electron chi connectivity index (χ0n) is 13.4. The van der Waals surface area contributed by atoms with E-state index in [0.29, 0.717) is 0 Å². The van der Waals surface area contributed by atoms with E-state index < -0.39 is 0 Å². The maximum absolute atomic E-state index is 4.65. The van der Waals surface area contributed by atoms with Crippen molar-refractivity contribution in [3.63, 3.8) is 0 Å². The standard InChI is InChI=1S/C18H24N4S/c1-2-7-14(8-3-1)17-19-18(21-20-17)23-13-15-9-6-12-22-11-5-4-10-16(15)22/h1-3,7-8,15-16H,4-6,9-13H2,(H,19,20,21)/t15-,16-/m1/s1. The third-order valence-electron chi connectivity index (χ3n) is 5.17. The van der Waals surface area contributed by atoms with Gasteiger partial charge in [-0.05, 0) is 44.7 Å². The third kappa shape index (κ3) is 3.45. The van der Waals surface area contributed by atoms with Gasteiger partial charge >= 0.3 is 0 Å². The Hall–Kier alpha value is -1.33. The Balaban J connectivity index is 1.38. The Morgan fingerprint density at radius 2 is 1.96 bits per heavy atom. The molecule has 3 heterocycles. The van der Waals surface area contributed by atoms with Crippen molar-refractivity contribution in [2.75, 3.05) is 18.8 Å². The van der Waals surface area contributed by atoms with E-state index in [9.17, 15) is 0 Å². The molecule has 122 valence electrons. The lowest BCUT2D eigenvalue weighted by Gasteiger charge is -2.44. The van der Waals surface area contributed by atoms with Crippen molar-refractivity contribution in [1.29, 1.82) is 0 Å². The number of benzene rings is 1. The van der Waals surface area contributed by atoms with Crippen molar-refractivity contribution >= 4 is 11.8 Å². The largest absolute Gasteiger partial charge is 0.300 e. The number of H-pyrrole nitrogens is 1. The van der Waals surface area contributed by atoms with Crippen molar-refractivity contribution in [2.45, 2.75) is 43.3 Å². The SMILES string of the molecule is c1ccc(-c2nc(SC[C@H]3CCCN4CCCC[C@H]34)n[nH]2)cc1. The fraction of sp³-hybridized carbons (Fsp3) is 0.556. The Kier molecular flexibility index (Phi) is 4.67. The normalized spacial score (nSPS) is 25.2. The summed E-state index contributed by atoms with van der Waals surface area (Å²) in [6, 6.07) is 11.0. The molecule has 2 aromatic rings. The van der Waals surface area contributed by atoms with E-state index >= 15 is 0 Å². The maximum Gasteiger partial charge on any atom is 0.208 e. The van der Waals surface area contributed by atoms with Gasteiger partial charge in [-0.15, -0.1) is 5.10 Å². The van der Waals surface area contributed by atoms with E-state index in [1.807, 2.05) is 30.0 Å². The van der Waals surface area contributed by atoms with Crippen LogP contribution in [0.3, 0.4) is 0 Å². The molecule has 1 N–H and O–H groups in total. The number of nitrogens with one attached hydrogen (secondary N) is 1. The Morgan fingerprint density at radius 3 is 2.87 bits per heavy atom. The lowest BCUT2D eigenvalue weighted by atomic mass is 9.85. The van der Waals surface area contributed by atoms with Crippen LogP contribution >= 0.6 is 11.8 Å². The van der Waals surface area contributed by atoms with Crippen LogP contribution in [0.1, 0.15) is 32.1 Å². The molecule has 2 fully saturated rings. The van der Waals surface area contributed by atoms with Crippen LogP contribution in [0.5, 0.6) is 0 Å². The van der Waals surface area contributed by atoms with Crippen LogP contribution in [0, 0.1) is 5.92 Å². The highest BCUT2D eigenvalue weighted by Gasteiger charge is 2.32. The molecule has 0 saturated carbocycles. The zero-order valence-corrected chi connectivity index (χ0v) is 14.3. The van der Waals surface area contributed by atoms with Gasteiger partial charge in [0.1, 0.15) is 0 Å². The first-order chi connectivity index (χ1) is 11.4. The summed E-state index contributed by atoms with van der Waals surface area (Å²) in [5.74, 6) is 2.82. The molecule has 1 aromatic carbocycles. The number of thioether (sulfide) groups is 1. The number of piperidine rings is 2. The Labute approximate surface area is 142 Å². The second-order valence-corrected chi connectivity index (χ2v) is 7.63. The van der Waals surface area contributed by atoms with Crippen LogP contribution < -0.4 is 0 Å². The summed E-state index contributed by atoms with van der Waals surface area (Å²) in [6.45, 7) is 2.62. The zero-order chi connectivity index (χ0) is 15.5. The molecule has 0 bridgehead atoms. The molecule has 1 aromatic heterocycles. The monoisotopic (exact) mass is 328 g/mol. The molecule has 0 spiro atoms. The van der Waals surface area contributed by atoms with Crippen molar-refractivity contribution < 1.29 is 0 Å². The van der Waals surface area contributed by atoms with Crippen molar-refractivity contribution in [1.82, 2.24) is 20.1 Å². The molecule has 4 nitrogen and oxygen atoms in total. The molecule has 2 atom stereocenters. The van der Waals surface area contributed by atoms with E-state index in [1.165, 1.54) is 45.2 Å². The first-order valence-electron chi connectivity index (χ1n) is 8.75. The predicted molar refractivity (Wildman–Crippen MR) is 94.5 cm³/mol. The van der Waals surface area contributed by atoms with Gasteiger partial charge in [-0.1, -0.05) is 48.5 Å². The lowest BCUT2D eigenvalue weighted by Crippen LogP contribution is -2.48. The summed E-state index contributed by atoms with van der Waals surface area (Å²) in [4.78, 5) is 7.38. The topological polar surface area (TPSA) is 44.8 Å².